The minimum Gasteiger partial charge on any atom is -0.465 e. The van der Waals surface area contributed by atoms with Crippen molar-refractivity contribution >= 4 is 27.4 Å². The summed E-state index contributed by atoms with van der Waals surface area (Å²) >= 11 is 0. The molecule has 0 saturated carbocycles. The summed E-state index contributed by atoms with van der Waals surface area (Å²) in [6.45, 7) is 0. The smallest absolute Gasteiger partial charge is 0.339 e. The van der Waals surface area contributed by atoms with Crippen LogP contribution in [0.4, 0.5) is 11.4 Å². The van der Waals surface area contributed by atoms with Gasteiger partial charge in [-0.2, -0.15) is 0 Å². The van der Waals surface area contributed by atoms with Crippen molar-refractivity contribution in [1.29, 1.82) is 0 Å². The van der Waals surface area contributed by atoms with Crippen LogP contribution in [-0.4, -0.2) is 26.5 Å². The molecule has 0 fully saturated rings. The van der Waals surface area contributed by atoms with Gasteiger partial charge in [0.15, 0.2) is 0 Å². The second-order valence-corrected chi connectivity index (χ2v) is 5.75. The van der Waals surface area contributed by atoms with Gasteiger partial charge in [-0.3, -0.25) is 9.71 Å². The number of hydrogen-bond donors (Lipinski definition) is 2. The number of nitrogens with two attached hydrogens (primary N) is 1. The van der Waals surface area contributed by atoms with Crippen LogP contribution in [0.1, 0.15) is 10.4 Å². The van der Waals surface area contributed by atoms with Crippen LogP contribution in [0.3, 0.4) is 0 Å². The first kappa shape index (κ1) is 14.8. The number of aromatic nitrogens is 1. The Kier molecular flexibility index (Phi) is 4.08. The molecule has 3 N–H and O–H groups in total. The van der Waals surface area contributed by atoms with Crippen LogP contribution < -0.4 is 10.5 Å². The Bertz CT molecular complexity index is 760. The number of pyridine rings is 1. The Morgan fingerprint density at radius 1 is 1.33 bits per heavy atom. The molecule has 0 radical (unpaired) electrons. The highest BCUT2D eigenvalue weighted by Gasteiger charge is 2.23. The standard InChI is InChI=1S/C13H13N3O4S/c1-20-13(17)11-5-4-9(14)7-12(11)21(18,19)16-10-3-2-6-15-8-10/h2-8,16H,14H2,1H3. The topological polar surface area (TPSA) is 111 Å². The number of benzene rings is 1. The van der Waals surface area contributed by atoms with Crippen LogP contribution in [0.2, 0.25) is 0 Å². The summed E-state index contributed by atoms with van der Waals surface area (Å²) in [5.41, 5.74) is 6.00. The van der Waals surface area contributed by atoms with Gasteiger partial charge in [0.2, 0.25) is 0 Å². The van der Waals surface area contributed by atoms with Crippen molar-refractivity contribution in [3.05, 3.63) is 48.3 Å². The van der Waals surface area contributed by atoms with Crippen molar-refractivity contribution in [3.8, 4) is 0 Å². The van der Waals surface area contributed by atoms with Crippen molar-refractivity contribution in [2.24, 2.45) is 0 Å². The van der Waals surface area contributed by atoms with Crippen LogP contribution in [-0.2, 0) is 14.8 Å². The number of ether oxygens (including phenoxy) is 1. The molecule has 2 rings (SSSR count). The Hall–Kier alpha value is -2.61. The average Bonchev–Trinajstić information content (AvgIpc) is 2.47. The third-order valence-corrected chi connectivity index (χ3v) is 4.04. The Morgan fingerprint density at radius 2 is 2.10 bits per heavy atom. The van der Waals surface area contributed by atoms with Crippen LogP contribution in [0.15, 0.2) is 47.6 Å². The SMILES string of the molecule is COC(=O)c1ccc(N)cc1S(=O)(=O)Nc1cccnc1. The fraction of sp³-hybridized carbons (Fsp3) is 0.0769. The number of nitrogens with one attached hydrogen (secondary N) is 1. The van der Waals surface area contributed by atoms with Gasteiger partial charge < -0.3 is 10.5 Å². The first-order valence-electron chi connectivity index (χ1n) is 5.85. The summed E-state index contributed by atoms with van der Waals surface area (Å²) in [6, 6.07) is 7.05. The molecule has 21 heavy (non-hydrogen) atoms. The lowest BCUT2D eigenvalue weighted by molar-refractivity contribution is 0.0596. The van der Waals surface area contributed by atoms with E-state index in [1.165, 1.54) is 43.8 Å². The maximum Gasteiger partial charge on any atom is 0.339 e. The molecule has 7 nitrogen and oxygen atoms in total. The van der Waals surface area contributed by atoms with E-state index >= 15 is 0 Å². The molecule has 0 amide bonds. The third kappa shape index (κ3) is 3.29. The number of nitrogens with zero attached hydrogens (tertiary/aromatic N) is 1. The van der Waals surface area contributed by atoms with Crippen molar-refractivity contribution in [3.63, 3.8) is 0 Å². The molecule has 1 aromatic carbocycles. The van der Waals surface area contributed by atoms with Gasteiger partial charge in [0.1, 0.15) is 4.90 Å². The second-order valence-electron chi connectivity index (χ2n) is 4.09. The quantitative estimate of drug-likeness (QED) is 0.649. The lowest BCUT2D eigenvalue weighted by Crippen LogP contribution is -2.18. The minimum atomic E-state index is -3.99. The van der Waals surface area contributed by atoms with Crippen molar-refractivity contribution < 1.29 is 17.9 Å². The van der Waals surface area contributed by atoms with Gasteiger partial charge in [0.25, 0.3) is 10.0 Å². The van der Waals surface area contributed by atoms with E-state index in [0.29, 0.717) is 0 Å². The zero-order chi connectivity index (χ0) is 15.5. The van der Waals surface area contributed by atoms with Crippen LogP contribution in [0.25, 0.3) is 0 Å². The van der Waals surface area contributed by atoms with Gasteiger partial charge in [-0.25, -0.2) is 13.2 Å². The normalized spacial score (nSPS) is 10.9. The molecule has 110 valence electrons. The predicted octanol–water partition coefficient (Wildman–Crippen LogP) is 1.25. The fourth-order valence-corrected chi connectivity index (χ4v) is 2.95. The van der Waals surface area contributed by atoms with E-state index in [-0.39, 0.29) is 21.8 Å². The van der Waals surface area contributed by atoms with Gasteiger partial charge in [-0.15, -0.1) is 0 Å². The number of carbonyl (C=O) groups is 1. The van der Waals surface area contributed by atoms with Crippen molar-refractivity contribution in [2.75, 3.05) is 17.6 Å². The number of nitrogen functional groups attached to an aromatic ring is 1. The molecule has 0 aliphatic heterocycles. The molecule has 0 spiro atoms. The summed E-state index contributed by atoms with van der Waals surface area (Å²) in [5, 5.41) is 0. The summed E-state index contributed by atoms with van der Waals surface area (Å²) < 4.78 is 31.7. The predicted molar refractivity (Wildman–Crippen MR) is 77.2 cm³/mol. The highest BCUT2D eigenvalue weighted by molar-refractivity contribution is 7.92. The van der Waals surface area contributed by atoms with Gasteiger partial charge in [0, 0.05) is 11.9 Å². The summed E-state index contributed by atoms with van der Waals surface area (Å²) in [6.07, 6.45) is 2.86. The van der Waals surface area contributed by atoms with Gasteiger partial charge in [-0.05, 0) is 30.3 Å². The lowest BCUT2D eigenvalue weighted by atomic mass is 10.2. The number of hydrogen-bond acceptors (Lipinski definition) is 6. The molecule has 0 aliphatic carbocycles. The molecule has 0 bridgehead atoms. The second kappa shape index (κ2) is 5.80. The van der Waals surface area contributed by atoms with E-state index < -0.39 is 16.0 Å². The molecular weight excluding hydrogens is 294 g/mol. The van der Waals surface area contributed by atoms with E-state index in [1.807, 2.05) is 0 Å². The monoisotopic (exact) mass is 307 g/mol. The number of anilines is 2. The molecule has 0 saturated heterocycles. The molecule has 8 heteroatoms. The zero-order valence-electron chi connectivity index (χ0n) is 11.1. The number of methoxy groups -OCH3 is 1. The van der Waals surface area contributed by atoms with Gasteiger partial charge in [0.05, 0.1) is 24.6 Å². The fourth-order valence-electron chi connectivity index (χ4n) is 1.67. The molecule has 1 heterocycles. The van der Waals surface area contributed by atoms with Crippen LogP contribution >= 0.6 is 0 Å². The zero-order valence-corrected chi connectivity index (χ0v) is 11.9. The Morgan fingerprint density at radius 3 is 2.71 bits per heavy atom. The summed E-state index contributed by atoms with van der Waals surface area (Å²) in [7, 11) is -2.82. The number of rotatable bonds is 4. The first-order chi connectivity index (χ1) is 9.94. The number of sulfonamides is 1. The van der Waals surface area contributed by atoms with Crippen molar-refractivity contribution in [1.82, 2.24) is 4.98 Å². The highest BCUT2D eigenvalue weighted by atomic mass is 32.2. The minimum absolute atomic E-state index is 0.0944. The molecule has 2 aromatic rings. The van der Waals surface area contributed by atoms with Gasteiger partial charge >= 0.3 is 5.97 Å². The van der Waals surface area contributed by atoms with E-state index in [4.69, 9.17) is 5.73 Å². The van der Waals surface area contributed by atoms with E-state index in [0.717, 1.165) is 0 Å². The maximum atomic E-state index is 12.4. The number of carbonyl (C=O) groups excluding carboxylic acids is 1. The van der Waals surface area contributed by atoms with Crippen molar-refractivity contribution in [2.45, 2.75) is 4.90 Å². The Balaban J connectivity index is 2.49. The maximum absolute atomic E-state index is 12.4. The summed E-state index contributed by atoms with van der Waals surface area (Å²) in [4.78, 5) is 15.2. The highest BCUT2D eigenvalue weighted by Crippen LogP contribution is 2.22. The lowest BCUT2D eigenvalue weighted by Gasteiger charge is -2.11. The Labute approximate surface area is 121 Å². The molecule has 1 aromatic heterocycles. The van der Waals surface area contributed by atoms with E-state index in [2.05, 4.69) is 14.4 Å². The average molecular weight is 307 g/mol. The van der Waals surface area contributed by atoms with Crippen LogP contribution in [0.5, 0.6) is 0 Å². The van der Waals surface area contributed by atoms with Gasteiger partial charge in [-0.1, -0.05) is 0 Å². The number of esters is 1. The molecular formula is C13H13N3O4S. The summed E-state index contributed by atoms with van der Waals surface area (Å²) in [5.74, 6) is -0.762. The van der Waals surface area contributed by atoms with E-state index in [1.54, 1.807) is 6.07 Å². The molecule has 0 atom stereocenters. The first-order valence-corrected chi connectivity index (χ1v) is 7.33. The largest absolute Gasteiger partial charge is 0.465 e. The molecule has 0 aliphatic rings. The third-order valence-electron chi connectivity index (χ3n) is 2.61. The molecule has 0 unspecified atom stereocenters. The van der Waals surface area contributed by atoms with E-state index in [9.17, 15) is 13.2 Å². The van der Waals surface area contributed by atoms with Crippen LogP contribution in [0, 0.1) is 0 Å².